The Kier molecular flexibility index (Phi) is 2.66. The number of rotatable bonds is 2. The van der Waals surface area contributed by atoms with Gasteiger partial charge >= 0.3 is 14.3 Å². The van der Waals surface area contributed by atoms with Gasteiger partial charge in [0.25, 0.3) is 0 Å². The largest absolute Gasteiger partial charge is 0.426 e. The Labute approximate surface area is 95.0 Å². The fraction of sp³-hybridized carbons (Fsp3) is 0.125. The van der Waals surface area contributed by atoms with Crippen molar-refractivity contribution in [2.45, 2.75) is 10.1 Å². The highest BCUT2D eigenvalue weighted by atomic mass is 35.7. The second-order valence-corrected chi connectivity index (χ2v) is 6.02. The van der Waals surface area contributed by atoms with Crippen LogP contribution in [-0.4, -0.2) is 19.7 Å². The highest BCUT2D eigenvalue weighted by Crippen LogP contribution is 2.29. The highest BCUT2D eigenvalue weighted by molar-refractivity contribution is 8.13. The number of para-hydroxylation sites is 1. The van der Waals surface area contributed by atoms with Gasteiger partial charge in [0, 0.05) is 10.7 Å². The topological polar surface area (TPSA) is 60.2 Å². The maximum absolute atomic E-state index is 11.0. The molecule has 0 bridgehead atoms. The van der Waals surface area contributed by atoms with E-state index in [2.05, 4.69) is 4.98 Å². The predicted octanol–water partition coefficient (Wildman–Crippen LogP) is 2.48. The van der Waals surface area contributed by atoms with Gasteiger partial charge in [-0.1, -0.05) is 6.07 Å². The molecule has 7 heteroatoms. The van der Waals surface area contributed by atoms with Crippen molar-refractivity contribution in [3.8, 4) is 0 Å². The Morgan fingerprint density at radius 1 is 1.47 bits per heavy atom. The molecule has 1 aromatic carbocycles. The lowest BCUT2D eigenvalue weighted by atomic mass is 10.3. The molecule has 1 aromatic heterocycles. The summed E-state index contributed by atoms with van der Waals surface area (Å²) >= 11 is 1.45. The number of halogens is 1. The summed E-state index contributed by atoms with van der Waals surface area (Å²) < 4.78 is 27.1. The Morgan fingerprint density at radius 3 is 2.80 bits per heavy atom. The number of fused-ring (bicyclic) bond motifs is 1. The first kappa shape index (κ1) is 10.8. The zero-order valence-corrected chi connectivity index (χ0v) is 9.99. The summed E-state index contributed by atoms with van der Waals surface area (Å²) in [6, 6.07) is 5.27. The Balaban J connectivity index is 2.76. The van der Waals surface area contributed by atoms with Gasteiger partial charge in [0.2, 0.25) is 0 Å². The van der Waals surface area contributed by atoms with Crippen LogP contribution in [0.1, 0.15) is 0 Å². The lowest BCUT2D eigenvalue weighted by Gasteiger charge is -1.93. The summed E-state index contributed by atoms with van der Waals surface area (Å²) in [5.74, 6) is 0. The lowest BCUT2D eigenvalue weighted by Crippen LogP contribution is -1.88. The van der Waals surface area contributed by atoms with Crippen LogP contribution in [0, 0.1) is 0 Å². The summed E-state index contributed by atoms with van der Waals surface area (Å²) in [7, 11) is 1.23. The minimum absolute atomic E-state index is 0.448. The smallest absolute Gasteiger partial charge is 0.332 e. The minimum atomic E-state index is -3.90. The van der Waals surface area contributed by atoms with E-state index in [9.17, 15) is 8.42 Å². The van der Waals surface area contributed by atoms with Crippen molar-refractivity contribution in [3.63, 3.8) is 0 Å². The summed E-state index contributed by atoms with van der Waals surface area (Å²) in [5.41, 5.74) is 0.935. The van der Waals surface area contributed by atoms with Gasteiger partial charge in [0.15, 0.2) is 5.58 Å². The van der Waals surface area contributed by atoms with E-state index in [4.69, 9.17) is 15.1 Å². The zero-order chi connectivity index (χ0) is 11.1. The molecule has 2 rings (SSSR count). The van der Waals surface area contributed by atoms with Gasteiger partial charge in [-0.25, -0.2) is 8.42 Å². The molecule has 0 N–H and O–H groups in total. The molecule has 0 amide bonds. The molecule has 0 aliphatic carbocycles. The number of aromatic nitrogens is 1. The summed E-state index contributed by atoms with van der Waals surface area (Å²) in [6.45, 7) is 0. The molecular formula is C8H6ClNO3S2. The van der Waals surface area contributed by atoms with Gasteiger partial charge in [-0.15, -0.1) is 11.8 Å². The lowest BCUT2D eigenvalue weighted by molar-refractivity contribution is 0.461. The van der Waals surface area contributed by atoms with Gasteiger partial charge in [-0.3, -0.25) is 0 Å². The van der Waals surface area contributed by atoms with Crippen LogP contribution in [0.5, 0.6) is 0 Å². The first-order valence-corrected chi connectivity index (χ1v) is 7.44. The monoisotopic (exact) mass is 263 g/mol. The normalized spacial score (nSPS) is 12.1. The second kappa shape index (κ2) is 3.70. The summed E-state index contributed by atoms with van der Waals surface area (Å²) in [6.07, 6.45) is 1.87. The Bertz CT molecular complexity index is 605. The molecule has 0 saturated heterocycles. The molecule has 2 aromatic rings. The summed E-state index contributed by atoms with van der Waals surface area (Å²) in [4.78, 5) is 4.62. The number of thioether (sulfide) groups is 1. The van der Waals surface area contributed by atoms with Crippen molar-refractivity contribution < 1.29 is 12.8 Å². The van der Waals surface area contributed by atoms with E-state index in [-0.39, 0.29) is 0 Å². The van der Waals surface area contributed by atoms with Crippen LogP contribution in [-0.2, 0) is 9.05 Å². The Hall–Kier alpha value is -0.720. The average molecular weight is 264 g/mol. The summed E-state index contributed by atoms with van der Waals surface area (Å²) in [5, 5.41) is -0.458. The van der Waals surface area contributed by atoms with E-state index in [0.29, 0.717) is 11.1 Å². The number of oxazole rings is 1. The molecule has 0 radical (unpaired) electrons. The quantitative estimate of drug-likeness (QED) is 0.615. The third-order valence-electron chi connectivity index (χ3n) is 1.79. The van der Waals surface area contributed by atoms with E-state index in [1.54, 1.807) is 12.1 Å². The molecule has 1 heterocycles. The van der Waals surface area contributed by atoms with E-state index in [0.717, 1.165) is 4.90 Å². The van der Waals surface area contributed by atoms with Crippen LogP contribution < -0.4 is 0 Å². The highest BCUT2D eigenvalue weighted by Gasteiger charge is 2.19. The fourth-order valence-electron chi connectivity index (χ4n) is 1.17. The molecule has 0 unspecified atom stereocenters. The molecule has 0 atom stereocenters. The fourth-order valence-corrected chi connectivity index (χ4v) is 2.30. The Morgan fingerprint density at radius 2 is 2.20 bits per heavy atom. The van der Waals surface area contributed by atoms with Crippen molar-refractivity contribution >= 4 is 42.6 Å². The average Bonchev–Trinajstić information content (AvgIpc) is 2.59. The molecule has 0 aliphatic heterocycles. The predicted molar refractivity (Wildman–Crippen MR) is 58.8 cm³/mol. The van der Waals surface area contributed by atoms with Crippen LogP contribution in [0.2, 0.25) is 0 Å². The third-order valence-corrected chi connectivity index (χ3v) is 3.54. The molecule has 0 spiro atoms. The van der Waals surface area contributed by atoms with Crippen LogP contribution in [0.3, 0.4) is 0 Å². The third kappa shape index (κ3) is 1.97. The molecule has 0 fully saturated rings. The maximum atomic E-state index is 11.0. The first-order chi connectivity index (χ1) is 7.02. The molecule has 0 aliphatic rings. The number of hydrogen-bond donors (Lipinski definition) is 0. The molecule has 80 valence electrons. The van der Waals surface area contributed by atoms with Crippen LogP contribution >= 0.6 is 22.4 Å². The van der Waals surface area contributed by atoms with Crippen LogP contribution in [0.4, 0.5) is 0 Å². The molecular weight excluding hydrogens is 258 g/mol. The number of benzene rings is 1. The second-order valence-electron chi connectivity index (χ2n) is 2.73. The van der Waals surface area contributed by atoms with E-state index in [1.807, 2.05) is 12.3 Å². The molecule has 0 saturated carbocycles. The van der Waals surface area contributed by atoms with Crippen LogP contribution in [0.25, 0.3) is 11.1 Å². The SMILES string of the molecule is CSc1cccc2nc(S(=O)(=O)Cl)oc12. The van der Waals surface area contributed by atoms with Crippen molar-refractivity contribution in [3.05, 3.63) is 18.2 Å². The van der Waals surface area contributed by atoms with Gasteiger partial charge in [-0.05, 0) is 18.4 Å². The van der Waals surface area contributed by atoms with Crippen LogP contribution in [0.15, 0.2) is 32.7 Å². The molecule has 4 nitrogen and oxygen atoms in total. The van der Waals surface area contributed by atoms with E-state index >= 15 is 0 Å². The maximum Gasteiger partial charge on any atom is 0.332 e. The van der Waals surface area contributed by atoms with Gasteiger partial charge < -0.3 is 4.42 Å². The zero-order valence-electron chi connectivity index (χ0n) is 7.60. The van der Waals surface area contributed by atoms with Crippen molar-refractivity contribution in [1.29, 1.82) is 0 Å². The van der Waals surface area contributed by atoms with Crippen molar-refractivity contribution in [2.24, 2.45) is 0 Å². The number of nitrogens with zero attached hydrogens (tertiary/aromatic N) is 1. The van der Waals surface area contributed by atoms with Crippen molar-refractivity contribution in [2.75, 3.05) is 6.26 Å². The van der Waals surface area contributed by atoms with Gasteiger partial charge in [0.1, 0.15) is 5.52 Å². The number of hydrogen-bond acceptors (Lipinski definition) is 5. The van der Waals surface area contributed by atoms with Gasteiger partial charge in [0.05, 0.1) is 4.90 Å². The van der Waals surface area contributed by atoms with Gasteiger partial charge in [-0.2, -0.15) is 4.98 Å². The van der Waals surface area contributed by atoms with Crippen molar-refractivity contribution in [1.82, 2.24) is 4.98 Å². The first-order valence-electron chi connectivity index (χ1n) is 3.90. The standard InChI is InChI=1S/C8H6ClNO3S2/c1-14-6-4-2-3-5-7(6)13-8(10-5)15(9,11)12/h2-4H,1H3. The van der Waals surface area contributed by atoms with E-state index in [1.165, 1.54) is 11.8 Å². The molecule has 15 heavy (non-hydrogen) atoms. The minimum Gasteiger partial charge on any atom is -0.426 e. The van der Waals surface area contributed by atoms with E-state index < -0.39 is 14.3 Å².